The molecule has 25 heavy (non-hydrogen) atoms. The molecule has 0 bridgehead atoms. The lowest BCUT2D eigenvalue weighted by Gasteiger charge is -2.23. The lowest BCUT2D eigenvalue weighted by atomic mass is 10.0. The summed E-state index contributed by atoms with van der Waals surface area (Å²) in [6.45, 7) is 0.779. The Labute approximate surface area is 147 Å². The number of hydrogen-bond donors (Lipinski definition) is 0. The van der Waals surface area contributed by atoms with Crippen molar-refractivity contribution in [2.75, 3.05) is 13.7 Å². The first kappa shape index (κ1) is 15.9. The summed E-state index contributed by atoms with van der Waals surface area (Å²) in [7, 11) is 1.69. The molecule has 0 radical (unpaired) electrons. The lowest BCUT2D eigenvalue weighted by molar-refractivity contribution is -0.105. The molecule has 4 rings (SSSR count). The average Bonchev–Trinajstić information content (AvgIpc) is 2.68. The SMILES string of the molecule is COc1ccc2cccnc2c1-c1ccc(OC2CCCCO2)cc1. The molecule has 0 amide bonds. The number of benzene rings is 2. The normalized spacial score (nSPS) is 17.4. The summed E-state index contributed by atoms with van der Waals surface area (Å²) in [6.07, 6.45) is 4.90. The average molecular weight is 335 g/mol. The van der Waals surface area contributed by atoms with Gasteiger partial charge in [-0.05, 0) is 48.7 Å². The summed E-state index contributed by atoms with van der Waals surface area (Å²) < 4.78 is 17.1. The first-order chi connectivity index (χ1) is 12.3. The molecule has 0 spiro atoms. The zero-order valence-corrected chi connectivity index (χ0v) is 14.3. The maximum Gasteiger partial charge on any atom is 0.199 e. The number of ether oxygens (including phenoxy) is 3. The van der Waals surface area contributed by atoms with E-state index >= 15 is 0 Å². The van der Waals surface area contributed by atoms with Crippen LogP contribution in [0.5, 0.6) is 11.5 Å². The Morgan fingerprint density at radius 1 is 1.04 bits per heavy atom. The fourth-order valence-corrected chi connectivity index (χ4v) is 3.23. The van der Waals surface area contributed by atoms with Gasteiger partial charge in [-0.15, -0.1) is 0 Å². The molecule has 1 unspecified atom stereocenters. The largest absolute Gasteiger partial charge is 0.496 e. The van der Waals surface area contributed by atoms with Crippen molar-refractivity contribution in [3.8, 4) is 22.6 Å². The third kappa shape index (κ3) is 3.30. The van der Waals surface area contributed by atoms with Gasteiger partial charge in [-0.2, -0.15) is 0 Å². The Hall–Kier alpha value is -2.59. The lowest BCUT2D eigenvalue weighted by Crippen LogP contribution is -2.24. The summed E-state index contributed by atoms with van der Waals surface area (Å²) in [5.74, 6) is 1.64. The quantitative estimate of drug-likeness (QED) is 0.685. The summed E-state index contributed by atoms with van der Waals surface area (Å²) in [5, 5.41) is 1.09. The second-order valence-corrected chi connectivity index (χ2v) is 6.16. The molecule has 0 aliphatic carbocycles. The second kappa shape index (κ2) is 7.11. The molecule has 0 saturated carbocycles. The van der Waals surface area contributed by atoms with Gasteiger partial charge >= 0.3 is 0 Å². The van der Waals surface area contributed by atoms with Gasteiger partial charge < -0.3 is 14.2 Å². The van der Waals surface area contributed by atoms with Gasteiger partial charge in [-0.3, -0.25) is 4.98 Å². The highest BCUT2D eigenvalue weighted by Crippen LogP contribution is 2.36. The molecule has 1 saturated heterocycles. The zero-order valence-electron chi connectivity index (χ0n) is 14.3. The molecule has 3 aromatic rings. The Kier molecular flexibility index (Phi) is 4.53. The molecule has 1 aliphatic heterocycles. The van der Waals surface area contributed by atoms with Crippen molar-refractivity contribution in [2.45, 2.75) is 25.6 Å². The molecular weight excluding hydrogens is 314 g/mol. The maximum atomic E-state index is 5.92. The van der Waals surface area contributed by atoms with E-state index < -0.39 is 0 Å². The van der Waals surface area contributed by atoms with Gasteiger partial charge in [0.25, 0.3) is 0 Å². The molecule has 4 heteroatoms. The highest BCUT2D eigenvalue weighted by Gasteiger charge is 2.16. The minimum absolute atomic E-state index is 0.131. The van der Waals surface area contributed by atoms with Crippen molar-refractivity contribution in [1.29, 1.82) is 0 Å². The molecular formula is C21H21NO3. The number of methoxy groups -OCH3 is 1. The third-order valence-corrected chi connectivity index (χ3v) is 4.50. The fourth-order valence-electron chi connectivity index (χ4n) is 3.23. The topological polar surface area (TPSA) is 40.6 Å². The number of aromatic nitrogens is 1. The number of hydrogen-bond acceptors (Lipinski definition) is 4. The molecule has 128 valence electrons. The van der Waals surface area contributed by atoms with E-state index in [0.29, 0.717) is 0 Å². The second-order valence-electron chi connectivity index (χ2n) is 6.16. The number of pyridine rings is 1. The Bertz CT molecular complexity index is 855. The molecule has 2 heterocycles. The van der Waals surface area contributed by atoms with Crippen molar-refractivity contribution in [3.63, 3.8) is 0 Å². The first-order valence-corrected chi connectivity index (χ1v) is 8.65. The summed E-state index contributed by atoms with van der Waals surface area (Å²) >= 11 is 0. The molecule has 1 aromatic heterocycles. The van der Waals surface area contributed by atoms with Crippen LogP contribution in [0.15, 0.2) is 54.7 Å². The smallest absolute Gasteiger partial charge is 0.199 e. The van der Waals surface area contributed by atoms with Crippen molar-refractivity contribution in [2.24, 2.45) is 0 Å². The van der Waals surface area contributed by atoms with Crippen LogP contribution < -0.4 is 9.47 Å². The Morgan fingerprint density at radius 3 is 2.68 bits per heavy atom. The van der Waals surface area contributed by atoms with Gasteiger partial charge in [0.1, 0.15) is 11.5 Å². The molecule has 2 aromatic carbocycles. The van der Waals surface area contributed by atoms with E-state index in [1.807, 2.05) is 48.7 Å². The number of nitrogens with zero attached hydrogens (tertiary/aromatic N) is 1. The van der Waals surface area contributed by atoms with E-state index in [1.165, 1.54) is 0 Å². The highest BCUT2D eigenvalue weighted by molar-refractivity contribution is 5.96. The summed E-state index contributed by atoms with van der Waals surface area (Å²) in [4.78, 5) is 4.55. The third-order valence-electron chi connectivity index (χ3n) is 4.50. The molecule has 1 aliphatic rings. The van der Waals surface area contributed by atoms with E-state index in [4.69, 9.17) is 14.2 Å². The van der Waals surface area contributed by atoms with Crippen LogP contribution >= 0.6 is 0 Å². The molecule has 4 nitrogen and oxygen atoms in total. The van der Waals surface area contributed by atoms with Gasteiger partial charge in [0.05, 0.1) is 24.8 Å². The number of rotatable bonds is 4. The van der Waals surface area contributed by atoms with E-state index in [-0.39, 0.29) is 6.29 Å². The fraction of sp³-hybridized carbons (Fsp3) is 0.286. The van der Waals surface area contributed by atoms with Crippen LogP contribution in [0, 0.1) is 0 Å². The monoisotopic (exact) mass is 335 g/mol. The first-order valence-electron chi connectivity index (χ1n) is 8.65. The minimum Gasteiger partial charge on any atom is -0.496 e. The van der Waals surface area contributed by atoms with Crippen molar-refractivity contribution in [3.05, 3.63) is 54.7 Å². The van der Waals surface area contributed by atoms with Crippen LogP contribution in [0.2, 0.25) is 0 Å². The van der Waals surface area contributed by atoms with Crippen LogP contribution in [0.1, 0.15) is 19.3 Å². The van der Waals surface area contributed by atoms with Gasteiger partial charge in [0.15, 0.2) is 6.29 Å². The van der Waals surface area contributed by atoms with Crippen LogP contribution in [-0.2, 0) is 4.74 Å². The van der Waals surface area contributed by atoms with Gasteiger partial charge in [-0.25, -0.2) is 0 Å². The van der Waals surface area contributed by atoms with Gasteiger partial charge in [0.2, 0.25) is 0 Å². The van der Waals surface area contributed by atoms with E-state index in [1.54, 1.807) is 7.11 Å². The number of fused-ring (bicyclic) bond motifs is 1. The van der Waals surface area contributed by atoms with E-state index in [0.717, 1.165) is 59.4 Å². The van der Waals surface area contributed by atoms with Crippen LogP contribution in [0.4, 0.5) is 0 Å². The predicted octanol–water partition coefficient (Wildman–Crippen LogP) is 4.82. The van der Waals surface area contributed by atoms with E-state index in [2.05, 4.69) is 11.1 Å². The van der Waals surface area contributed by atoms with E-state index in [9.17, 15) is 0 Å². The Balaban J connectivity index is 1.66. The van der Waals surface area contributed by atoms with Crippen LogP contribution in [-0.4, -0.2) is 25.0 Å². The highest BCUT2D eigenvalue weighted by atomic mass is 16.7. The van der Waals surface area contributed by atoms with Crippen molar-refractivity contribution in [1.82, 2.24) is 4.98 Å². The van der Waals surface area contributed by atoms with Crippen molar-refractivity contribution >= 4 is 10.9 Å². The summed E-state index contributed by atoms with van der Waals surface area (Å²) in [6, 6.07) is 16.1. The van der Waals surface area contributed by atoms with Gasteiger partial charge in [0, 0.05) is 18.0 Å². The Morgan fingerprint density at radius 2 is 1.92 bits per heavy atom. The molecule has 1 atom stereocenters. The van der Waals surface area contributed by atoms with Crippen LogP contribution in [0.3, 0.4) is 0 Å². The molecule has 0 N–H and O–H groups in total. The molecule has 1 fully saturated rings. The van der Waals surface area contributed by atoms with Crippen LogP contribution in [0.25, 0.3) is 22.0 Å². The maximum absolute atomic E-state index is 5.92. The van der Waals surface area contributed by atoms with Crippen molar-refractivity contribution < 1.29 is 14.2 Å². The predicted molar refractivity (Wildman–Crippen MR) is 98.0 cm³/mol. The standard InChI is InChI=1S/C21H21NO3/c1-23-18-12-9-16-5-4-13-22-21(16)20(18)15-7-10-17(11-8-15)25-19-6-2-3-14-24-19/h4-5,7-13,19H,2-3,6,14H2,1H3. The minimum atomic E-state index is -0.131. The zero-order chi connectivity index (χ0) is 17.1. The summed E-state index contributed by atoms with van der Waals surface area (Å²) in [5.41, 5.74) is 2.99. The van der Waals surface area contributed by atoms with Gasteiger partial charge in [-0.1, -0.05) is 18.2 Å².